The van der Waals surface area contributed by atoms with Gasteiger partial charge in [-0.25, -0.2) is 0 Å². The average Bonchev–Trinajstić information content (AvgIpc) is 2.82. The molecule has 0 aromatic heterocycles. The van der Waals surface area contributed by atoms with Crippen molar-refractivity contribution in [3.05, 3.63) is 54.1 Å². The van der Waals surface area contributed by atoms with Crippen molar-refractivity contribution in [2.45, 2.75) is 68.8 Å². The van der Waals surface area contributed by atoms with E-state index in [4.69, 9.17) is 4.74 Å². The lowest BCUT2D eigenvalue weighted by Crippen LogP contribution is -2.44. The number of likely N-dealkylation sites (tertiary alicyclic amines) is 1. The highest BCUT2D eigenvalue weighted by Gasteiger charge is 2.23. The molecule has 1 amide bonds. The quantitative estimate of drug-likeness (QED) is 0.574. The minimum absolute atomic E-state index is 0.258. The van der Waals surface area contributed by atoms with Crippen LogP contribution >= 0.6 is 0 Å². The Bertz CT molecular complexity index is 915. The number of piperidine rings is 1. The van der Waals surface area contributed by atoms with Gasteiger partial charge in [-0.05, 0) is 73.6 Å². The van der Waals surface area contributed by atoms with Gasteiger partial charge in [-0.2, -0.15) is 0 Å². The maximum Gasteiger partial charge on any atom is 0.220 e. The minimum Gasteiger partial charge on any atom is -0.457 e. The number of hydrogen-bond acceptors (Lipinski definition) is 4. The second-order valence-electron chi connectivity index (χ2n) is 9.50. The van der Waals surface area contributed by atoms with Crippen molar-refractivity contribution in [3.63, 3.8) is 0 Å². The van der Waals surface area contributed by atoms with Crippen molar-refractivity contribution in [2.75, 3.05) is 19.3 Å². The molecule has 2 aromatic carbocycles. The molecule has 1 saturated carbocycles. The van der Waals surface area contributed by atoms with Gasteiger partial charge in [0.15, 0.2) is 0 Å². The SMILES string of the molecule is CS(=O)c1ccc(Oc2ccc(CN3CCC(NC(=O)CC4CCCCC4)CC3)cc2)cc1. The zero-order chi connectivity index (χ0) is 23.0. The summed E-state index contributed by atoms with van der Waals surface area (Å²) in [5.74, 6) is 2.40. The van der Waals surface area contributed by atoms with Gasteiger partial charge in [0.2, 0.25) is 5.91 Å². The Kier molecular flexibility index (Phi) is 8.57. The predicted molar refractivity (Wildman–Crippen MR) is 133 cm³/mol. The van der Waals surface area contributed by atoms with Crippen LogP contribution in [-0.4, -0.2) is 40.4 Å². The molecule has 1 atom stereocenters. The standard InChI is InChI=1S/C27H36N2O3S/c1-33(31)26-13-11-25(12-14-26)32-24-9-7-22(8-10-24)20-29-17-15-23(16-18-29)28-27(30)19-21-5-3-2-4-6-21/h7-14,21,23H,2-6,15-20H2,1H3,(H,28,30). The fourth-order valence-corrected chi connectivity index (χ4v) is 5.45. The van der Waals surface area contributed by atoms with Crippen LogP contribution in [0.1, 0.15) is 56.9 Å². The Morgan fingerprint density at radius 2 is 1.55 bits per heavy atom. The van der Waals surface area contributed by atoms with Gasteiger partial charge in [0.05, 0.1) is 0 Å². The fraction of sp³-hybridized carbons (Fsp3) is 0.519. The fourth-order valence-electron chi connectivity index (χ4n) is 4.93. The molecular weight excluding hydrogens is 432 g/mol. The van der Waals surface area contributed by atoms with Crippen molar-refractivity contribution in [2.24, 2.45) is 5.92 Å². The van der Waals surface area contributed by atoms with E-state index in [2.05, 4.69) is 22.3 Å². The predicted octanol–water partition coefficient (Wildman–Crippen LogP) is 5.27. The lowest BCUT2D eigenvalue weighted by molar-refractivity contribution is -0.123. The maximum atomic E-state index is 12.4. The molecule has 0 radical (unpaired) electrons. The molecule has 0 bridgehead atoms. The van der Waals surface area contributed by atoms with Gasteiger partial charge in [-0.15, -0.1) is 0 Å². The van der Waals surface area contributed by atoms with Crippen molar-refractivity contribution >= 4 is 16.7 Å². The van der Waals surface area contributed by atoms with E-state index >= 15 is 0 Å². The van der Waals surface area contributed by atoms with Crippen molar-refractivity contribution in [1.29, 1.82) is 0 Å². The monoisotopic (exact) mass is 468 g/mol. The van der Waals surface area contributed by atoms with E-state index in [9.17, 15) is 9.00 Å². The Morgan fingerprint density at radius 1 is 0.939 bits per heavy atom. The lowest BCUT2D eigenvalue weighted by Gasteiger charge is -2.32. The van der Waals surface area contributed by atoms with E-state index in [1.807, 2.05) is 36.4 Å². The molecule has 4 rings (SSSR count). The minimum atomic E-state index is -0.979. The number of rotatable bonds is 8. The van der Waals surface area contributed by atoms with Crippen LogP contribution in [0.5, 0.6) is 11.5 Å². The third-order valence-electron chi connectivity index (χ3n) is 6.87. The highest BCUT2D eigenvalue weighted by Crippen LogP contribution is 2.27. The van der Waals surface area contributed by atoms with E-state index in [0.717, 1.165) is 55.3 Å². The topological polar surface area (TPSA) is 58.6 Å². The van der Waals surface area contributed by atoms with Gasteiger partial charge < -0.3 is 10.1 Å². The van der Waals surface area contributed by atoms with Crippen LogP contribution < -0.4 is 10.1 Å². The molecule has 1 N–H and O–H groups in total. The number of hydrogen-bond donors (Lipinski definition) is 1. The van der Waals surface area contributed by atoms with E-state index < -0.39 is 10.8 Å². The maximum absolute atomic E-state index is 12.4. The van der Waals surface area contributed by atoms with Crippen LogP contribution in [-0.2, 0) is 22.1 Å². The van der Waals surface area contributed by atoms with Gasteiger partial charge in [0, 0.05) is 54.0 Å². The van der Waals surface area contributed by atoms with Gasteiger partial charge >= 0.3 is 0 Å². The third-order valence-corrected chi connectivity index (χ3v) is 7.81. The first-order valence-corrected chi connectivity index (χ1v) is 13.8. The molecule has 0 spiro atoms. The molecule has 1 unspecified atom stereocenters. The van der Waals surface area contributed by atoms with E-state index in [1.54, 1.807) is 6.26 Å². The summed E-state index contributed by atoms with van der Waals surface area (Å²) in [6.45, 7) is 2.94. The van der Waals surface area contributed by atoms with E-state index in [1.165, 1.54) is 37.7 Å². The van der Waals surface area contributed by atoms with Crippen LogP contribution in [0.2, 0.25) is 0 Å². The largest absolute Gasteiger partial charge is 0.457 e. The molecule has 1 saturated heterocycles. The molecule has 6 heteroatoms. The zero-order valence-electron chi connectivity index (χ0n) is 19.6. The summed E-state index contributed by atoms with van der Waals surface area (Å²) >= 11 is 0. The number of amides is 1. The van der Waals surface area contributed by atoms with Crippen LogP contribution in [0, 0.1) is 5.92 Å². The summed E-state index contributed by atoms with van der Waals surface area (Å²) in [5.41, 5.74) is 1.26. The Labute approximate surface area is 200 Å². The van der Waals surface area contributed by atoms with Crippen LogP contribution in [0.15, 0.2) is 53.4 Å². The third kappa shape index (κ3) is 7.41. The average molecular weight is 469 g/mol. The Hall–Kier alpha value is -2.18. The van der Waals surface area contributed by atoms with E-state index in [0.29, 0.717) is 12.0 Å². The number of nitrogens with one attached hydrogen (secondary N) is 1. The molecule has 1 heterocycles. The first-order valence-electron chi connectivity index (χ1n) is 12.3. The number of carbonyl (C=O) groups is 1. The molecule has 2 aromatic rings. The summed E-state index contributed by atoms with van der Waals surface area (Å²) in [7, 11) is -0.979. The summed E-state index contributed by atoms with van der Waals surface area (Å²) in [6, 6.07) is 15.9. The van der Waals surface area contributed by atoms with Gasteiger partial charge in [-0.1, -0.05) is 31.4 Å². The summed E-state index contributed by atoms with van der Waals surface area (Å²) in [6.07, 6.45) is 10.8. The van der Waals surface area contributed by atoms with Gasteiger partial charge in [0.25, 0.3) is 0 Å². The second kappa shape index (κ2) is 11.8. The normalized spacial score (nSPS) is 19.2. The second-order valence-corrected chi connectivity index (χ2v) is 10.9. The molecule has 33 heavy (non-hydrogen) atoms. The number of ether oxygens (including phenoxy) is 1. The number of benzene rings is 2. The van der Waals surface area contributed by atoms with Crippen LogP contribution in [0.25, 0.3) is 0 Å². The summed E-state index contributed by atoms with van der Waals surface area (Å²) in [4.78, 5) is 15.7. The molecule has 178 valence electrons. The molecular formula is C27H36N2O3S. The van der Waals surface area contributed by atoms with Gasteiger partial charge in [-0.3, -0.25) is 13.9 Å². The molecule has 1 aliphatic carbocycles. The molecule has 5 nitrogen and oxygen atoms in total. The van der Waals surface area contributed by atoms with Crippen molar-refractivity contribution in [1.82, 2.24) is 10.2 Å². The van der Waals surface area contributed by atoms with Crippen molar-refractivity contribution in [3.8, 4) is 11.5 Å². The first-order chi connectivity index (χ1) is 16.0. The molecule has 2 aliphatic rings. The highest BCUT2D eigenvalue weighted by atomic mass is 32.2. The van der Waals surface area contributed by atoms with Crippen molar-refractivity contribution < 1.29 is 13.7 Å². The smallest absolute Gasteiger partial charge is 0.220 e. The van der Waals surface area contributed by atoms with Crippen LogP contribution in [0.4, 0.5) is 0 Å². The lowest BCUT2D eigenvalue weighted by atomic mass is 9.86. The summed E-state index contributed by atoms with van der Waals surface area (Å²) in [5, 5.41) is 3.29. The zero-order valence-corrected chi connectivity index (χ0v) is 20.4. The molecule has 1 aliphatic heterocycles. The highest BCUT2D eigenvalue weighted by molar-refractivity contribution is 7.84. The van der Waals surface area contributed by atoms with Crippen LogP contribution in [0.3, 0.4) is 0 Å². The van der Waals surface area contributed by atoms with E-state index in [-0.39, 0.29) is 5.91 Å². The number of nitrogens with zero attached hydrogens (tertiary/aromatic N) is 1. The van der Waals surface area contributed by atoms with Gasteiger partial charge in [0.1, 0.15) is 11.5 Å². The molecule has 2 fully saturated rings. The first kappa shape index (κ1) is 24.0. The summed E-state index contributed by atoms with van der Waals surface area (Å²) < 4.78 is 17.4. The number of carbonyl (C=O) groups excluding carboxylic acids is 1. The Balaban J connectivity index is 1.18. The Morgan fingerprint density at radius 3 is 2.15 bits per heavy atom.